The molecule has 0 aliphatic rings. The summed E-state index contributed by atoms with van der Waals surface area (Å²) in [6.07, 6.45) is 0. The average molecular weight is 295 g/mol. The summed E-state index contributed by atoms with van der Waals surface area (Å²) < 4.78 is 5.09. The van der Waals surface area contributed by atoms with Crippen molar-refractivity contribution in [2.75, 3.05) is 18.5 Å². The SMILES string of the molecule is CCOCC(=O)Nc1cccc(-c2nc3ccccc3[nH]2)c1. The highest BCUT2D eigenvalue weighted by Crippen LogP contribution is 2.22. The van der Waals surface area contributed by atoms with Crippen LogP contribution in [0.15, 0.2) is 48.5 Å². The number of hydrogen-bond donors (Lipinski definition) is 2. The van der Waals surface area contributed by atoms with E-state index < -0.39 is 0 Å². The van der Waals surface area contributed by atoms with Gasteiger partial charge in [-0.1, -0.05) is 24.3 Å². The number of ether oxygens (including phenoxy) is 1. The highest BCUT2D eigenvalue weighted by atomic mass is 16.5. The molecule has 5 nitrogen and oxygen atoms in total. The zero-order valence-electron chi connectivity index (χ0n) is 12.3. The summed E-state index contributed by atoms with van der Waals surface area (Å²) in [5, 5.41) is 2.82. The number of nitrogens with zero attached hydrogens (tertiary/aromatic N) is 1. The van der Waals surface area contributed by atoms with Crippen LogP contribution in [0, 0.1) is 0 Å². The molecule has 5 heteroatoms. The number of imidazole rings is 1. The lowest BCUT2D eigenvalue weighted by atomic mass is 10.2. The van der Waals surface area contributed by atoms with E-state index in [0.29, 0.717) is 6.61 Å². The number of rotatable bonds is 5. The molecule has 0 fully saturated rings. The Bertz CT molecular complexity index is 762. The highest BCUT2D eigenvalue weighted by Gasteiger charge is 2.07. The monoisotopic (exact) mass is 295 g/mol. The second kappa shape index (κ2) is 6.41. The maximum absolute atomic E-state index is 11.7. The summed E-state index contributed by atoms with van der Waals surface area (Å²) in [6, 6.07) is 15.4. The third-order valence-corrected chi connectivity index (χ3v) is 3.25. The number of aromatic amines is 1. The summed E-state index contributed by atoms with van der Waals surface area (Å²) in [4.78, 5) is 19.5. The van der Waals surface area contributed by atoms with Crippen molar-refractivity contribution < 1.29 is 9.53 Å². The van der Waals surface area contributed by atoms with E-state index in [0.717, 1.165) is 28.1 Å². The minimum Gasteiger partial charge on any atom is -0.372 e. The molecule has 0 atom stereocenters. The van der Waals surface area contributed by atoms with E-state index in [4.69, 9.17) is 4.74 Å². The molecule has 2 aromatic carbocycles. The Balaban J connectivity index is 1.82. The summed E-state index contributed by atoms with van der Waals surface area (Å²) in [5.41, 5.74) is 3.56. The maximum atomic E-state index is 11.7. The van der Waals surface area contributed by atoms with E-state index in [9.17, 15) is 4.79 Å². The first-order valence-corrected chi connectivity index (χ1v) is 7.19. The molecule has 0 saturated heterocycles. The van der Waals surface area contributed by atoms with Gasteiger partial charge < -0.3 is 15.0 Å². The number of benzene rings is 2. The van der Waals surface area contributed by atoms with Crippen molar-refractivity contribution in [3.8, 4) is 11.4 Å². The molecule has 0 spiro atoms. The molecule has 1 amide bonds. The molecule has 1 aromatic heterocycles. The molecular weight excluding hydrogens is 278 g/mol. The Morgan fingerprint density at radius 2 is 2.09 bits per heavy atom. The molecule has 2 N–H and O–H groups in total. The molecular formula is C17H17N3O2. The number of carbonyl (C=O) groups excluding carboxylic acids is 1. The van der Waals surface area contributed by atoms with Gasteiger partial charge in [-0.15, -0.1) is 0 Å². The fourth-order valence-electron chi connectivity index (χ4n) is 2.23. The van der Waals surface area contributed by atoms with Crippen molar-refractivity contribution in [2.24, 2.45) is 0 Å². The van der Waals surface area contributed by atoms with E-state index in [1.54, 1.807) is 0 Å². The lowest BCUT2D eigenvalue weighted by Gasteiger charge is -2.06. The van der Waals surface area contributed by atoms with Gasteiger partial charge in [0.25, 0.3) is 0 Å². The van der Waals surface area contributed by atoms with Crippen molar-refractivity contribution in [1.29, 1.82) is 0 Å². The number of aromatic nitrogens is 2. The smallest absolute Gasteiger partial charge is 0.250 e. The normalized spacial score (nSPS) is 10.8. The number of amides is 1. The quantitative estimate of drug-likeness (QED) is 0.759. The van der Waals surface area contributed by atoms with Crippen LogP contribution in [-0.2, 0) is 9.53 Å². The predicted molar refractivity (Wildman–Crippen MR) is 86.7 cm³/mol. The van der Waals surface area contributed by atoms with Crippen LogP contribution in [0.3, 0.4) is 0 Å². The van der Waals surface area contributed by atoms with Gasteiger partial charge in [0.15, 0.2) is 0 Å². The number of fused-ring (bicyclic) bond motifs is 1. The fourth-order valence-corrected chi connectivity index (χ4v) is 2.23. The van der Waals surface area contributed by atoms with Crippen molar-refractivity contribution >= 4 is 22.6 Å². The van der Waals surface area contributed by atoms with Crippen LogP contribution in [-0.4, -0.2) is 29.1 Å². The second-order valence-corrected chi connectivity index (χ2v) is 4.87. The zero-order valence-corrected chi connectivity index (χ0v) is 12.3. The van der Waals surface area contributed by atoms with Gasteiger partial charge in [-0.05, 0) is 31.2 Å². The standard InChI is InChI=1S/C17H17N3O2/c1-2-22-11-16(21)18-13-7-5-6-12(10-13)17-19-14-8-3-4-9-15(14)20-17/h3-10H,2,11H2,1H3,(H,18,21)(H,19,20). The average Bonchev–Trinajstić information content (AvgIpc) is 2.97. The number of H-pyrrole nitrogens is 1. The van der Waals surface area contributed by atoms with Crippen LogP contribution >= 0.6 is 0 Å². The highest BCUT2D eigenvalue weighted by molar-refractivity contribution is 5.92. The van der Waals surface area contributed by atoms with E-state index in [1.807, 2.05) is 55.5 Å². The lowest BCUT2D eigenvalue weighted by Crippen LogP contribution is -2.18. The van der Waals surface area contributed by atoms with Gasteiger partial charge in [0, 0.05) is 17.9 Å². The van der Waals surface area contributed by atoms with Crippen LogP contribution in [0.5, 0.6) is 0 Å². The fraction of sp³-hybridized carbons (Fsp3) is 0.176. The Labute approximate surface area is 128 Å². The Hall–Kier alpha value is -2.66. The van der Waals surface area contributed by atoms with Crippen LogP contribution < -0.4 is 5.32 Å². The molecule has 0 aliphatic heterocycles. The number of para-hydroxylation sites is 2. The number of carbonyl (C=O) groups is 1. The minimum atomic E-state index is -0.163. The van der Waals surface area contributed by atoms with Gasteiger partial charge in [-0.2, -0.15) is 0 Å². The molecule has 0 bridgehead atoms. The number of nitrogens with one attached hydrogen (secondary N) is 2. The van der Waals surface area contributed by atoms with Crippen LogP contribution in [0.1, 0.15) is 6.92 Å². The van der Waals surface area contributed by atoms with Crippen molar-refractivity contribution in [2.45, 2.75) is 6.92 Å². The Morgan fingerprint density at radius 3 is 2.91 bits per heavy atom. The van der Waals surface area contributed by atoms with Crippen molar-refractivity contribution in [3.63, 3.8) is 0 Å². The number of hydrogen-bond acceptors (Lipinski definition) is 3. The lowest BCUT2D eigenvalue weighted by molar-refractivity contribution is -0.120. The largest absolute Gasteiger partial charge is 0.372 e. The third kappa shape index (κ3) is 3.15. The van der Waals surface area contributed by atoms with Gasteiger partial charge >= 0.3 is 0 Å². The van der Waals surface area contributed by atoms with Crippen LogP contribution in [0.4, 0.5) is 5.69 Å². The first-order valence-electron chi connectivity index (χ1n) is 7.19. The maximum Gasteiger partial charge on any atom is 0.250 e. The van der Waals surface area contributed by atoms with Gasteiger partial charge in [-0.25, -0.2) is 4.98 Å². The Kier molecular flexibility index (Phi) is 4.16. The molecule has 0 unspecified atom stereocenters. The van der Waals surface area contributed by atoms with Gasteiger partial charge in [0.2, 0.25) is 5.91 Å². The molecule has 0 radical (unpaired) electrons. The third-order valence-electron chi connectivity index (χ3n) is 3.25. The van der Waals surface area contributed by atoms with E-state index >= 15 is 0 Å². The van der Waals surface area contributed by atoms with Gasteiger partial charge in [0.1, 0.15) is 12.4 Å². The summed E-state index contributed by atoms with van der Waals surface area (Å²) in [7, 11) is 0. The summed E-state index contributed by atoms with van der Waals surface area (Å²) in [6.45, 7) is 2.44. The first-order chi connectivity index (χ1) is 10.8. The van der Waals surface area contributed by atoms with E-state index in [1.165, 1.54) is 0 Å². The molecule has 1 heterocycles. The summed E-state index contributed by atoms with van der Waals surface area (Å²) >= 11 is 0. The molecule has 0 saturated carbocycles. The first kappa shape index (κ1) is 14.3. The molecule has 3 rings (SSSR count). The molecule has 22 heavy (non-hydrogen) atoms. The van der Waals surface area contributed by atoms with Crippen LogP contribution in [0.25, 0.3) is 22.4 Å². The molecule has 0 aliphatic carbocycles. The van der Waals surface area contributed by atoms with Gasteiger partial charge in [0.05, 0.1) is 11.0 Å². The molecule has 112 valence electrons. The van der Waals surface area contributed by atoms with Crippen LogP contribution in [0.2, 0.25) is 0 Å². The predicted octanol–water partition coefficient (Wildman–Crippen LogP) is 3.20. The second-order valence-electron chi connectivity index (χ2n) is 4.87. The minimum absolute atomic E-state index is 0.0609. The molecule has 3 aromatic rings. The summed E-state index contributed by atoms with van der Waals surface area (Å²) in [5.74, 6) is 0.616. The van der Waals surface area contributed by atoms with Crippen molar-refractivity contribution in [3.05, 3.63) is 48.5 Å². The van der Waals surface area contributed by atoms with Crippen molar-refractivity contribution in [1.82, 2.24) is 9.97 Å². The van der Waals surface area contributed by atoms with E-state index in [2.05, 4.69) is 15.3 Å². The topological polar surface area (TPSA) is 67.0 Å². The van der Waals surface area contributed by atoms with Gasteiger partial charge in [-0.3, -0.25) is 4.79 Å². The van der Waals surface area contributed by atoms with E-state index in [-0.39, 0.29) is 12.5 Å². The zero-order chi connectivity index (χ0) is 15.4. The number of anilines is 1. The Morgan fingerprint density at radius 1 is 1.23 bits per heavy atom.